The van der Waals surface area contributed by atoms with Crippen LogP contribution in [0.1, 0.15) is 5.56 Å². The molecule has 0 bridgehead atoms. The van der Waals surface area contributed by atoms with Gasteiger partial charge in [0.2, 0.25) is 10.0 Å². The molecule has 31 heavy (non-hydrogen) atoms. The minimum absolute atomic E-state index is 0.0608. The molecule has 2 aromatic carbocycles. The highest BCUT2D eigenvalue weighted by Gasteiger charge is 2.20. The van der Waals surface area contributed by atoms with Crippen LogP contribution >= 0.6 is 0 Å². The van der Waals surface area contributed by atoms with Gasteiger partial charge in [0.25, 0.3) is 0 Å². The molecule has 0 atom stereocenters. The number of aromatic nitrogens is 1. The Morgan fingerprint density at radius 2 is 2.00 bits per heavy atom. The van der Waals surface area contributed by atoms with E-state index in [2.05, 4.69) is 20.3 Å². The molecule has 0 fully saturated rings. The molecule has 10 heteroatoms. The summed E-state index contributed by atoms with van der Waals surface area (Å²) in [7, 11) is -2.51. The fourth-order valence-corrected chi connectivity index (χ4v) is 4.06. The molecular weight excluding hydrogens is 420 g/mol. The van der Waals surface area contributed by atoms with Crippen LogP contribution in [0, 0.1) is 0 Å². The van der Waals surface area contributed by atoms with Crippen molar-refractivity contribution in [1.29, 1.82) is 0 Å². The summed E-state index contributed by atoms with van der Waals surface area (Å²) in [6.07, 6.45) is 2.68. The highest BCUT2D eigenvalue weighted by molar-refractivity contribution is 7.89. The maximum Gasteiger partial charge on any atom is 0.318 e. The van der Waals surface area contributed by atoms with Crippen LogP contribution in [0.4, 0.5) is 10.5 Å². The molecule has 0 aliphatic rings. The summed E-state index contributed by atoms with van der Waals surface area (Å²) in [5, 5.41) is 5.99. The number of anilines is 1. The second kappa shape index (κ2) is 10.0. The lowest BCUT2D eigenvalue weighted by molar-refractivity contribution is -0.106. The predicted octanol–water partition coefficient (Wildman–Crippen LogP) is 2.08. The van der Waals surface area contributed by atoms with Gasteiger partial charge in [0, 0.05) is 36.8 Å². The summed E-state index contributed by atoms with van der Waals surface area (Å²) < 4.78 is 33.1. The molecule has 1 aromatic heterocycles. The molecule has 0 spiro atoms. The molecular formula is C21H22N4O5S. The zero-order valence-corrected chi connectivity index (χ0v) is 17.6. The number of hydrogen-bond acceptors (Lipinski definition) is 6. The van der Waals surface area contributed by atoms with Gasteiger partial charge in [-0.05, 0) is 29.8 Å². The number of aldehydes is 1. The Hall–Kier alpha value is -3.50. The van der Waals surface area contributed by atoms with Crippen molar-refractivity contribution in [1.82, 2.24) is 15.0 Å². The number of nitrogens with zero attached hydrogens (tertiary/aromatic N) is 1. The van der Waals surface area contributed by atoms with Gasteiger partial charge in [-0.1, -0.05) is 18.2 Å². The molecule has 3 N–H and O–H groups in total. The second-order valence-corrected chi connectivity index (χ2v) is 8.21. The van der Waals surface area contributed by atoms with E-state index in [9.17, 15) is 18.0 Å². The maximum atomic E-state index is 12.6. The first kappa shape index (κ1) is 22.2. The van der Waals surface area contributed by atoms with Gasteiger partial charge in [0.05, 0.1) is 18.7 Å². The van der Waals surface area contributed by atoms with Gasteiger partial charge < -0.3 is 20.2 Å². The van der Waals surface area contributed by atoms with Crippen molar-refractivity contribution in [3.63, 3.8) is 0 Å². The Balaban J connectivity index is 1.85. The Morgan fingerprint density at radius 1 is 1.16 bits per heavy atom. The van der Waals surface area contributed by atoms with Crippen LogP contribution in [0.3, 0.4) is 0 Å². The highest BCUT2D eigenvalue weighted by atomic mass is 32.2. The van der Waals surface area contributed by atoms with Crippen molar-refractivity contribution < 1.29 is 22.7 Å². The minimum atomic E-state index is -3.98. The number of rotatable bonds is 9. The maximum absolute atomic E-state index is 12.6. The fourth-order valence-electron chi connectivity index (χ4n) is 2.99. The van der Waals surface area contributed by atoms with Crippen molar-refractivity contribution in [3.05, 3.63) is 60.3 Å². The van der Waals surface area contributed by atoms with Gasteiger partial charge >= 0.3 is 6.03 Å². The van der Waals surface area contributed by atoms with Gasteiger partial charge in [0.1, 0.15) is 16.9 Å². The van der Waals surface area contributed by atoms with E-state index in [4.69, 9.17) is 4.74 Å². The van der Waals surface area contributed by atoms with Crippen LogP contribution in [-0.4, -0.2) is 45.9 Å². The van der Waals surface area contributed by atoms with E-state index in [1.54, 1.807) is 6.20 Å². The Bertz CT molecular complexity index is 1190. The first-order valence-corrected chi connectivity index (χ1v) is 10.9. The Kier molecular flexibility index (Phi) is 7.16. The molecule has 0 aliphatic carbocycles. The molecule has 1 heterocycles. The van der Waals surface area contributed by atoms with Crippen molar-refractivity contribution in [2.75, 3.05) is 25.5 Å². The zero-order chi connectivity index (χ0) is 22.3. The lowest BCUT2D eigenvalue weighted by Gasteiger charge is -2.15. The summed E-state index contributed by atoms with van der Waals surface area (Å²) in [4.78, 5) is 26.4. The average molecular weight is 442 g/mol. The summed E-state index contributed by atoms with van der Waals surface area (Å²) in [6.45, 7) is -0.170. The van der Waals surface area contributed by atoms with Crippen molar-refractivity contribution in [2.24, 2.45) is 0 Å². The number of fused-ring (bicyclic) bond motifs is 1. The SMILES string of the molecule is CNC(=O)Nc1ccc(S(=O)(=O)NCC=O)c(OCCc2cccc3ncccc23)c1. The summed E-state index contributed by atoms with van der Waals surface area (Å²) in [6, 6.07) is 13.3. The lowest BCUT2D eigenvalue weighted by atomic mass is 10.1. The third-order valence-electron chi connectivity index (χ3n) is 4.44. The number of ether oxygens (including phenoxy) is 1. The topological polar surface area (TPSA) is 126 Å². The standard InChI is InChI=1S/C21H22N4O5S/c1-22-21(27)25-16-7-8-20(31(28,29)24-11-12-26)19(14-16)30-13-9-15-4-2-6-18-17(15)5-3-10-23-18/h2-8,10,12,14,24H,9,11,13H2,1H3,(H2,22,25,27). The molecule has 162 valence electrons. The predicted molar refractivity (Wildman–Crippen MR) is 117 cm³/mol. The fraction of sp³-hybridized carbons (Fsp3) is 0.190. The summed E-state index contributed by atoms with van der Waals surface area (Å²) >= 11 is 0. The van der Waals surface area contributed by atoms with Crippen LogP contribution in [0.5, 0.6) is 5.75 Å². The number of nitrogens with one attached hydrogen (secondary N) is 3. The minimum Gasteiger partial charge on any atom is -0.492 e. The summed E-state index contributed by atoms with van der Waals surface area (Å²) in [5.41, 5.74) is 2.23. The summed E-state index contributed by atoms with van der Waals surface area (Å²) in [5.74, 6) is 0.0608. The van der Waals surface area contributed by atoms with E-state index in [1.807, 2.05) is 30.3 Å². The monoisotopic (exact) mass is 442 g/mol. The third-order valence-corrected chi connectivity index (χ3v) is 5.90. The van der Waals surface area contributed by atoms with Crippen molar-refractivity contribution >= 4 is 38.9 Å². The number of benzene rings is 2. The lowest BCUT2D eigenvalue weighted by Crippen LogP contribution is -2.27. The van der Waals surface area contributed by atoms with Gasteiger partial charge in [0.15, 0.2) is 0 Å². The Morgan fingerprint density at radius 3 is 2.77 bits per heavy atom. The molecule has 0 saturated heterocycles. The molecule has 3 rings (SSSR count). The number of pyridine rings is 1. The first-order chi connectivity index (χ1) is 14.9. The molecule has 0 unspecified atom stereocenters. The number of carbonyl (C=O) groups is 2. The van der Waals surface area contributed by atoms with E-state index < -0.39 is 16.1 Å². The number of hydrogen-bond donors (Lipinski definition) is 3. The smallest absolute Gasteiger partial charge is 0.318 e. The van der Waals surface area contributed by atoms with E-state index in [-0.39, 0.29) is 23.8 Å². The van der Waals surface area contributed by atoms with E-state index in [0.717, 1.165) is 16.5 Å². The molecule has 0 saturated carbocycles. The quantitative estimate of drug-likeness (QED) is 0.436. The van der Waals surface area contributed by atoms with E-state index in [0.29, 0.717) is 18.4 Å². The van der Waals surface area contributed by atoms with Gasteiger partial charge in [-0.25, -0.2) is 17.9 Å². The highest BCUT2D eigenvalue weighted by Crippen LogP contribution is 2.28. The Labute approximate surface area is 179 Å². The van der Waals surface area contributed by atoms with Crippen LogP contribution < -0.4 is 20.1 Å². The van der Waals surface area contributed by atoms with E-state index in [1.165, 1.54) is 25.2 Å². The number of amides is 2. The molecule has 0 radical (unpaired) electrons. The van der Waals surface area contributed by atoms with Gasteiger partial charge in [-0.2, -0.15) is 0 Å². The second-order valence-electron chi connectivity index (χ2n) is 6.47. The number of urea groups is 1. The number of sulfonamides is 1. The van der Waals surface area contributed by atoms with Crippen LogP contribution in [0.25, 0.3) is 10.9 Å². The van der Waals surface area contributed by atoms with Crippen molar-refractivity contribution in [2.45, 2.75) is 11.3 Å². The normalized spacial score (nSPS) is 11.1. The average Bonchev–Trinajstić information content (AvgIpc) is 2.78. The van der Waals surface area contributed by atoms with Gasteiger partial charge in [-0.3, -0.25) is 4.98 Å². The zero-order valence-electron chi connectivity index (χ0n) is 16.8. The number of carbonyl (C=O) groups excluding carboxylic acids is 2. The van der Waals surface area contributed by atoms with Gasteiger partial charge in [-0.15, -0.1) is 0 Å². The molecule has 2 amide bonds. The van der Waals surface area contributed by atoms with Crippen LogP contribution in [0.2, 0.25) is 0 Å². The first-order valence-electron chi connectivity index (χ1n) is 9.46. The van der Waals surface area contributed by atoms with Crippen molar-refractivity contribution in [3.8, 4) is 5.75 Å². The van der Waals surface area contributed by atoms with Crippen LogP contribution in [-0.2, 0) is 21.2 Å². The molecule has 3 aromatic rings. The van der Waals surface area contributed by atoms with E-state index >= 15 is 0 Å². The van der Waals surface area contributed by atoms with Crippen LogP contribution in [0.15, 0.2) is 59.6 Å². The largest absolute Gasteiger partial charge is 0.492 e. The molecule has 0 aliphatic heterocycles. The molecule has 9 nitrogen and oxygen atoms in total. The third kappa shape index (κ3) is 5.56.